The third kappa shape index (κ3) is 2.34. The molecular weight excluding hydrogens is 204 g/mol. The highest BCUT2D eigenvalue weighted by Gasteiger charge is 2.17. The summed E-state index contributed by atoms with van der Waals surface area (Å²) in [6.07, 6.45) is 0. The SMILES string of the molecule is Cc1nn(C)c(NC(C)C(C)CO)c1C#N. The summed E-state index contributed by atoms with van der Waals surface area (Å²) in [7, 11) is 1.80. The predicted octanol–water partition coefficient (Wildman–Crippen LogP) is 1.03. The average molecular weight is 222 g/mol. The van der Waals surface area contributed by atoms with E-state index in [1.165, 1.54) is 0 Å². The maximum atomic E-state index is 9.06. The van der Waals surface area contributed by atoms with Gasteiger partial charge in [-0.3, -0.25) is 4.68 Å². The minimum absolute atomic E-state index is 0.0897. The normalized spacial score (nSPS) is 14.2. The van der Waals surface area contributed by atoms with Gasteiger partial charge in [-0.15, -0.1) is 0 Å². The standard InChI is InChI=1S/C11H18N4O/c1-7(6-16)8(2)13-11-10(5-12)9(3)14-15(11)4/h7-8,13,16H,6H2,1-4H3. The van der Waals surface area contributed by atoms with Crippen LogP contribution in [0.15, 0.2) is 0 Å². The van der Waals surface area contributed by atoms with Gasteiger partial charge in [-0.2, -0.15) is 10.4 Å². The topological polar surface area (TPSA) is 73.9 Å². The van der Waals surface area contributed by atoms with Gasteiger partial charge in [0.1, 0.15) is 17.5 Å². The summed E-state index contributed by atoms with van der Waals surface area (Å²) in [5.74, 6) is 0.842. The van der Waals surface area contributed by atoms with Gasteiger partial charge in [-0.1, -0.05) is 6.92 Å². The molecule has 0 aromatic carbocycles. The molecule has 0 bridgehead atoms. The third-order valence-electron chi connectivity index (χ3n) is 2.84. The van der Waals surface area contributed by atoms with Crippen LogP contribution in [0.25, 0.3) is 0 Å². The molecule has 0 aliphatic heterocycles. The molecule has 0 aliphatic carbocycles. The minimum atomic E-state index is 0.0897. The Morgan fingerprint density at radius 2 is 2.19 bits per heavy atom. The molecule has 1 aromatic rings. The monoisotopic (exact) mass is 222 g/mol. The lowest BCUT2D eigenvalue weighted by Gasteiger charge is -2.20. The number of aromatic nitrogens is 2. The number of hydrogen-bond acceptors (Lipinski definition) is 4. The van der Waals surface area contributed by atoms with Crippen LogP contribution in [0.1, 0.15) is 25.1 Å². The van der Waals surface area contributed by atoms with Crippen molar-refractivity contribution in [3.8, 4) is 6.07 Å². The molecule has 0 amide bonds. The lowest BCUT2D eigenvalue weighted by molar-refractivity contribution is 0.226. The second-order valence-electron chi connectivity index (χ2n) is 4.14. The van der Waals surface area contributed by atoms with Crippen molar-refractivity contribution in [2.75, 3.05) is 11.9 Å². The molecule has 2 N–H and O–H groups in total. The van der Waals surface area contributed by atoms with E-state index in [0.717, 1.165) is 5.69 Å². The zero-order valence-corrected chi connectivity index (χ0v) is 10.2. The van der Waals surface area contributed by atoms with Crippen LogP contribution in [-0.4, -0.2) is 27.5 Å². The van der Waals surface area contributed by atoms with E-state index in [4.69, 9.17) is 10.4 Å². The van der Waals surface area contributed by atoms with Crippen LogP contribution in [0, 0.1) is 24.2 Å². The number of anilines is 1. The number of nitrogens with zero attached hydrogens (tertiary/aromatic N) is 3. The Kier molecular flexibility index (Phi) is 3.91. The second kappa shape index (κ2) is 4.99. The summed E-state index contributed by atoms with van der Waals surface area (Å²) in [5.41, 5.74) is 1.29. The highest BCUT2D eigenvalue weighted by molar-refractivity contribution is 5.55. The third-order valence-corrected chi connectivity index (χ3v) is 2.84. The molecule has 0 spiro atoms. The first-order valence-corrected chi connectivity index (χ1v) is 5.32. The van der Waals surface area contributed by atoms with Gasteiger partial charge in [0.25, 0.3) is 0 Å². The number of nitriles is 1. The van der Waals surface area contributed by atoms with E-state index in [9.17, 15) is 0 Å². The molecule has 1 aromatic heterocycles. The average Bonchev–Trinajstić information content (AvgIpc) is 2.52. The number of aliphatic hydroxyl groups excluding tert-OH is 1. The summed E-state index contributed by atoms with van der Waals surface area (Å²) < 4.78 is 1.66. The zero-order valence-electron chi connectivity index (χ0n) is 10.2. The summed E-state index contributed by atoms with van der Waals surface area (Å²) >= 11 is 0. The Morgan fingerprint density at radius 1 is 1.56 bits per heavy atom. The van der Waals surface area contributed by atoms with Gasteiger partial charge in [0.05, 0.1) is 5.69 Å². The van der Waals surface area contributed by atoms with Crippen LogP contribution in [0.2, 0.25) is 0 Å². The van der Waals surface area contributed by atoms with Crippen molar-refractivity contribution >= 4 is 5.82 Å². The summed E-state index contributed by atoms with van der Waals surface area (Å²) in [5, 5.41) is 25.5. The summed E-state index contributed by atoms with van der Waals surface area (Å²) in [6, 6.07) is 2.23. The quantitative estimate of drug-likeness (QED) is 0.798. The first-order chi connectivity index (χ1) is 7.51. The van der Waals surface area contributed by atoms with Gasteiger partial charge in [0.15, 0.2) is 0 Å². The van der Waals surface area contributed by atoms with Crippen LogP contribution in [0.3, 0.4) is 0 Å². The summed E-state index contributed by atoms with van der Waals surface area (Å²) in [6.45, 7) is 5.86. The second-order valence-corrected chi connectivity index (χ2v) is 4.14. The van der Waals surface area contributed by atoms with Crippen molar-refractivity contribution in [2.45, 2.75) is 26.8 Å². The first kappa shape index (κ1) is 12.5. The zero-order chi connectivity index (χ0) is 12.3. The number of aliphatic hydroxyl groups is 1. The lowest BCUT2D eigenvalue weighted by atomic mass is 10.1. The van der Waals surface area contributed by atoms with E-state index in [0.29, 0.717) is 11.4 Å². The Bertz CT molecular complexity index is 405. The van der Waals surface area contributed by atoms with Crippen molar-refractivity contribution in [2.24, 2.45) is 13.0 Å². The molecule has 5 nitrogen and oxygen atoms in total. The molecule has 2 atom stereocenters. The molecule has 1 rings (SSSR count). The highest BCUT2D eigenvalue weighted by atomic mass is 16.3. The summed E-state index contributed by atoms with van der Waals surface area (Å²) in [4.78, 5) is 0. The van der Waals surface area contributed by atoms with Gasteiger partial charge >= 0.3 is 0 Å². The molecule has 2 unspecified atom stereocenters. The lowest BCUT2D eigenvalue weighted by Crippen LogP contribution is -2.27. The minimum Gasteiger partial charge on any atom is -0.396 e. The van der Waals surface area contributed by atoms with Crippen LogP contribution < -0.4 is 5.32 Å². The molecule has 0 radical (unpaired) electrons. The molecule has 5 heteroatoms. The molecule has 1 heterocycles. The van der Waals surface area contributed by atoms with E-state index in [2.05, 4.69) is 16.5 Å². The van der Waals surface area contributed by atoms with Crippen LogP contribution >= 0.6 is 0 Å². The Morgan fingerprint density at radius 3 is 2.69 bits per heavy atom. The number of aryl methyl sites for hydroxylation is 2. The molecule has 16 heavy (non-hydrogen) atoms. The number of nitrogens with one attached hydrogen (secondary N) is 1. The van der Waals surface area contributed by atoms with Crippen LogP contribution in [0.4, 0.5) is 5.82 Å². The van der Waals surface area contributed by atoms with Crippen molar-refractivity contribution in [1.82, 2.24) is 9.78 Å². The van der Waals surface area contributed by atoms with Gasteiger partial charge in [-0.25, -0.2) is 0 Å². The largest absolute Gasteiger partial charge is 0.396 e. The van der Waals surface area contributed by atoms with Crippen molar-refractivity contribution in [3.63, 3.8) is 0 Å². The molecule has 0 aliphatic rings. The van der Waals surface area contributed by atoms with Gasteiger partial charge in [0, 0.05) is 19.7 Å². The van der Waals surface area contributed by atoms with Gasteiger partial charge < -0.3 is 10.4 Å². The molecule has 0 saturated carbocycles. The molecule has 0 fully saturated rings. The predicted molar refractivity (Wildman–Crippen MR) is 62.0 cm³/mol. The van der Waals surface area contributed by atoms with E-state index in [-0.39, 0.29) is 18.6 Å². The number of hydrogen-bond donors (Lipinski definition) is 2. The van der Waals surface area contributed by atoms with Crippen molar-refractivity contribution < 1.29 is 5.11 Å². The fourth-order valence-corrected chi connectivity index (χ4v) is 1.47. The van der Waals surface area contributed by atoms with Crippen LogP contribution in [0.5, 0.6) is 0 Å². The van der Waals surface area contributed by atoms with E-state index in [1.807, 2.05) is 20.8 Å². The van der Waals surface area contributed by atoms with E-state index in [1.54, 1.807) is 11.7 Å². The van der Waals surface area contributed by atoms with E-state index < -0.39 is 0 Å². The van der Waals surface area contributed by atoms with Gasteiger partial charge in [-0.05, 0) is 19.8 Å². The highest BCUT2D eigenvalue weighted by Crippen LogP contribution is 2.19. The Hall–Kier alpha value is -1.54. The smallest absolute Gasteiger partial charge is 0.142 e. The van der Waals surface area contributed by atoms with Crippen molar-refractivity contribution in [1.29, 1.82) is 5.26 Å². The molecule has 88 valence electrons. The Balaban J connectivity index is 2.93. The Labute approximate surface area is 95.7 Å². The maximum Gasteiger partial charge on any atom is 0.142 e. The molecular formula is C11H18N4O. The van der Waals surface area contributed by atoms with Crippen molar-refractivity contribution in [3.05, 3.63) is 11.3 Å². The van der Waals surface area contributed by atoms with Crippen LogP contribution in [-0.2, 0) is 7.05 Å². The van der Waals surface area contributed by atoms with Gasteiger partial charge in [0.2, 0.25) is 0 Å². The van der Waals surface area contributed by atoms with E-state index >= 15 is 0 Å². The number of rotatable bonds is 4. The fraction of sp³-hybridized carbons (Fsp3) is 0.636. The molecule has 0 saturated heterocycles. The maximum absolute atomic E-state index is 9.06. The first-order valence-electron chi connectivity index (χ1n) is 5.32. The fourth-order valence-electron chi connectivity index (χ4n) is 1.47.